The van der Waals surface area contributed by atoms with E-state index in [4.69, 9.17) is 17.3 Å². The molecule has 0 heterocycles. The standard InChI is InChI=1S/C13H11BrClNOS/c14-9-3-1-4-10(7-9)18(17)8-11-12(15)5-2-6-13(11)16/h1-7H,8,16H2. The van der Waals surface area contributed by atoms with Gasteiger partial charge in [-0.05, 0) is 30.3 Å². The van der Waals surface area contributed by atoms with Crippen LogP contribution in [0.2, 0.25) is 5.02 Å². The van der Waals surface area contributed by atoms with Crippen LogP contribution in [0.25, 0.3) is 0 Å². The van der Waals surface area contributed by atoms with Crippen molar-refractivity contribution < 1.29 is 4.21 Å². The second kappa shape index (κ2) is 5.87. The monoisotopic (exact) mass is 343 g/mol. The molecule has 0 radical (unpaired) electrons. The smallest absolute Gasteiger partial charge is 0.0575 e. The molecular weight excluding hydrogens is 334 g/mol. The zero-order chi connectivity index (χ0) is 13.1. The summed E-state index contributed by atoms with van der Waals surface area (Å²) in [5.41, 5.74) is 7.16. The molecule has 0 aromatic heterocycles. The number of rotatable bonds is 3. The third-order valence-corrected chi connectivity index (χ3v) is 4.67. The number of hydrogen-bond donors (Lipinski definition) is 1. The molecule has 2 nitrogen and oxygen atoms in total. The second-order valence-corrected chi connectivity index (χ2v) is 6.53. The van der Waals surface area contributed by atoms with E-state index in [2.05, 4.69) is 15.9 Å². The van der Waals surface area contributed by atoms with E-state index in [0.29, 0.717) is 16.5 Å². The molecule has 2 aromatic rings. The van der Waals surface area contributed by atoms with Crippen molar-refractivity contribution >= 4 is 44.0 Å². The predicted octanol–water partition coefficient (Wildman–Crippen LogP) is 3.99. The number of halogens is 2. The first kappa shape index (κ1) is 13.6. The van der Waals surface area contributed by atoms with Crippen LogP contribution in [-0.4, -0.2) is 4.21 Å². The van der Waals surface area contributed by atoms with Gasteiger partial charge < -0.3 is 5.73 Å². The third kappa shape index (κ3) is 3.13. The molecule has 0 saturated heterocycles. The summed E-state index contributed by atoms with van der Waals surface area (Å²) in [6.07, 6.45) is 0. The Hall–Kier alpha value is -0.840. The molecule has 0 spiro atoms. The maximum absolute atomic E-state index is 12.2. The molecule has 1 unspecified atom stereocenters. The summed E-state index contributed by atoms with van der Waals surface area (Å²) >= 11 is 9.43. The molecule has 0 bridgehead atoms. The van der Waals surface area contributed by atoms with Gasteiger partial charge in [0.2, 0.25) is 0 Å². The van der Waals surface area contributed by atoms with Crippen molar-refractivity contribution in [1.82, 2.24) is 0 Å². The fourth-order valence-electron chi connectivity index (χ4n) is 1.55. The van der Waals surface area contributed by atoms with Gasteiger partial charge in [0.05, 0.1) is 16.6 Å². The Balaban J connectivity index is 2.27. The number of nitrogens with two attached hydrogens (primary N) is 1. The van der Waals surface area contributed by atoms with Crippen LogP contribution in [-0.2, 0) is 16.6 Å². The van der Waals surface area contributed by atoms with E-state index in [1.165, 1.54) is 0 Å². The highest BCUT2D eigenvalue weighted by molar-refractivity contribution is 9.10. The fourth-order valence-corrected chi connectivity index (χ4v) is 3.67. The van der Waals surface area contributed by atoms with Crippen LogP contribution in [0.15, 0.2) is 51.8 Å². The normalized spacial score (nSPS) is 12.3. The minimum atomic E-state index is -1.16. The molecule has 18 heavy (non-hydrogen) atoms. The van der Waals surface area contributed by atoms with Gasteiger partial charge in [-0.1, -0.05) is 39.7 Å². The van der Waals surface area contributed by atoms with Crippen molar-refractivity contribution in [1.29, 1.82) is 0 Å². The third-order valence-electron chi connectivity index (χ3n) is 2.49. The zero-order valence-electron chi connectivity index (χ0n) is 9.40. The van der Waals surface area contributed by atoms with Gasteiger partial charge in [0.15, 0.2) is 0 Å². The minimum absolute atomic E-state index is 0.321. The van der Waals surface area contributed by atoms with Crippen LogP contribution < -0.4 is 5.73 Å². The van der Waals surface area contributed by atoms with Gasteiger partial charge in [0.1, 0.15) is 0 Å². The Morgan fingerprint density at radius 2 is 1.94 bits per heavy atom. The van der Waals surface area contributed by atoms with Crippen LogP contribution in [0.1, 0.15) is 5.56 Å². The molecule has 0 saturated carbocycles. The molecule has 2 rings (SSSR count). The quantitative estimate of drug-likeness (QED) is 0.855. The van der Waals surface area contributed by atoms with Crippen molar-refractivity contribution in [3.05, 3.63) is 57.5 Å². The van der Waals surface area contributed by atoms with E-state index < -0.39 is 10.8 Å². The van der Waals surface area contributed by atoms with E-state index in [-0.39, 0.29) is 0 Å². The summed E-state index contributed by atoms with van der Waals surface area (Å²) in [6, 6.07) is 12.7. The summed E-state index contributed by atoms with van der Waals surface area (Å²) in [5.74, 6) is 0.321. The summed E-state index contributed by atoms with van der Waals surface area (Å²) in [7, 11) is -1.16. The lowest BCUT2D eigenvalue weighted by Crippen LogP contribution is -2.01. The van der Waals surface area contributed by atoms with Crippen molar-refractivity contribution in [3.63, 3.8) is 0 Å². The van der Waals surface area contributed by atoms with Crippen molar-refractivity contribution in [2.24, 2.45) is 0 Å². The lowest BCUT2D eigenvalue weighted by atomic mass is 10.2. The number of benzene rings is 2. The van der Waals surface area contributed by atoms with Gasteiger partial charge in [-0.3, -0.25) is 4.21 Å². The van der Waals surface area contributed by atoms with Crippen molar-refractivity contribution in [2.75, 3.05) is 5.73 Å². The Labute approximate surface area is 122 Å². The summed E-state index contributed by atoms with van der Waals surface area (Å²) in [5, 5.41) is 0.554. The maximum atomic E-state index is 12.2. The van der Waals surface area contributed by atoms with Crippen LogP contribution in [0.3, 0.4) is 0 Å². The molecule has 94 valence electrons. The first-order chi connectivity index (χ1) is 8.58. The van der Waals surface area contributed by atoms with Crippen LogP contribution in [0.4, 0.5) is 5.69 Å². The highest BCUT2D eigenvalue weighted by Gasteiger charge is 2.11. The molecule has 1 atom stereocenters. The molecule has 5 heteroatoms. The van der Waals surface area contributed by atoms with Crippen molar-refractivity contribution in [2.45, 2.75) is 10.6 Å². The zero-order valence-corrected chi connectivity index (χ0v) is 12.6. The van der Waals surface area contributed by atoms with Crippen LogP contribution in [0, 0.1) is 0 Å². The molecule has 0 amide bonds. The SMILES string of the molecule is Nc1cccc(Cl)c1CS(=O)c1cccc(Br)c1. The minimum Gasteiger partial charge on any atom is -0.398 e. The first-order valence-electron chi connectivity index (χ1n) is 5.25. The Kier molecular flexibility index (Phi) is 4.43. The van der Waals surface area contributed by atoms with Gasteiger partial charge >= 0.3 is 0 Å². The van der Waals surface area contributed by atoms with Gasteiger partial charge in [0, 0.05) is 25.6 Å². The van der Waals surface area contributed by atoms with Gasteiger partial charge in [0.25, 0.3) is 0 Å². The Morgan fingerprint density at radius 3 is 2.61 bits per heavy atom. The first-order valence-corrected chi connectivity index (χ1v) is 7.73. The largest absolute Gasteiger partial charge is 0.398 e. The summed E-state index contributed by atoms with van der Waals surface area (Å²) in [6.45, 7) is 0. The number of anilines is 1. The van der Waals surface area contributed by atoms with Gasteiger partial charge in [-0.15, -0.1) is 0 Å². The Morgan fingerprint density at radius 1 is 1.22 bits per heavy atom. The summed E-state index contributed by atoms with van der Waals surface area (Å²) in [4.78, 5) is 0.753. The average Bonchev–Trinajstić information content (AvgIpc) is 2.34. The average molecular weight is 345 g/mol. The highest BCUT2D eigenvalue weighted by Crippen LogP contribution is 2.25. The molecule has 0 aliphatic heterocycles. The maximum Gasteiger partial charge on any atom is 0.0575 e. The topological polar surface area (TPSA) is 43.1 Å². The molecule has 0 fully saturated rings. The van der Waals surface area contributed by atoms with Crippen LogP contribution >= 0.6 is 27.5 Å². The summed E-state index contributed by atoms with van der Waals surface area (Å²) < 4.78 is 13.2. The van der Waals surface area contributed by atoms with Crippen LogP contribution in [0.5, 0.6) is 0 Å². The van der Waals surface area contributed by atoms with E-state index in [9.17, 15) is 4.21 Å². The predicted molar refractivity (Wildman–Crippen MR) is 80.1 cm³/mol. The number of hydrogen-bond acceptors (Lipinski definition) is 2. The van der Waals surface area contributed by atoms with Gasteiger partial charge in [-0.2, -0.15) is 0 Å². The number of nitrogen functional groups attached to an aromatic ring is 1. The molecular formula is C13H11BrClNOS. The van der Waals surface area contributed by atoms with Gasteiger partial charge in [-0.25, -0.2) is 0 Å². The van der Waals surface area contributed by atoms with E-state index in [1.807, 2.05) is 24.3 Å². The fraction of sp³-hybridized carbons (Fsp3) is 0.0769. The second-order valence-electron chi connectivity index (χ2n) is 3.75. The lowest BCUT2D eigenvalue weighted by Gasteiger charge is -2.08. The highest BCUT2D eigenvalue weighted by atomic mass is 79.9. The molecule has 2 N–H and O–H groups in total. The molecule has 0 aliphatic carbocycles. The van der Waals surface area contributed by atoms with E-state index in [0.717, 1.165) is 14.9 Å². The van der Waals surface area contributed by atoms with E-state index in [1.54, 1.807) is 18.2 Å². The van der Waals surface area contributed by atoms with Crippen molar-refractivity contribution in [3.8, 4) is 0 Å². The molecule has 0 aliphatic rings. The Bertz CT molecular complexity index is 583. The molecule has 2 aromatic carbocycles. The lowest BCUT2D eigenvalue weighted by molar-refractivity contribution is 0.682. The van der Waals surface area contributed by atoms with E-state index >= 15 is 0 Å².